The molecule has 1 amide bonds. The Morgan fingerprint density at radius 1 is 1.14 bits per heavy atom. The molecule has 1 N–H and O–H groups in total. The highest BCUT2D eigenvalue weighted by molar-refractivity contribution is 5.77. The Balaban J connectivity index is 1.82. The van der Waals surface area contributed by atoms with Crippen molar-refractivity contribution in [1.82, 2.24) is 5.32 Å². The lowest BCUT2D eigenvalue weighted by Crippen LogP contribution is -2.28. The highest BCUT2D eigenvalue weighted by atomic mass is 19.1. The highest BCUT2D eigenvalue weighted by Gasteiger charge is 2.06. The fourth-order valence-electron chi connectivity index (χ4n) is 1.88. The predicted molar refractivity (Wildman–Crippen MR) is 79.7 cm³/mol. The van der Waals surface area contributed by atoms with Gasteiger partial charge in [0.2, 0.25) is 0 Å². The SMILES string of the molecule is Cc1cccc(OCC(=O)NCc2ccc(F)cc2)c1C. The number of nitrogens with one attached hydrogen (secondary N) is 1. The molecule has 0 unspecified atom stereocenters. The monoisotopic (exact) mass is 287 g/mol. The summed E-state index contributed by atoms with van der Waals surface area (Å²) in [5.74, 6) is 0.218. The van der Waals surface area contributed by atoms with Crippen LogP contribution >= 0.6 is 0 Å². The van der Waals surface area contributed by atoms with E-state index in [-0.39, 0.29) is 18.3 Å². The Morgan fingerprint density at radius 3 is 2.57 bits per heavy atom. The van der Waals surface area contributed by atoms with E-state index in [1.165, 1.54) is 12.1 Å². The number of amides is 1. The zero-order valence-corrected chi connectivity index (χ0v) is 12.2. The van der Waals surface area contributed by atoms with Crippen molar-refractivity contribution in [3.63, 3.8) is 0 Å². The van der Waals surface area contributed by atoms with E-state index in [0.29, 0.717) is 12.3 Å². The minimum Gasteiger partial charge on any atom is -0.483 e. The maximum atomic E-state index is 12.8. The Bertz CT molecular complexity index is 623. The van der Waals surface area contributed by atoms with Crippen LogP contribution in [0, 0.1) is 19.7 Å². The van der Waals surface area contributed by atoms with Crippen LogP contribution in [0.4, 0.5) is 4.39 Å². The van der Waals surface area contributed by atoms with E-state index < -0.39 is 0 Å². The second kappa shape index (κ2) is 6.88. The molecule has 0 fully saturated rings. The van der Waals surface area contributed by atoms with Crippen LogP contribution in [-0.4, -0.2) is 12.5 Å². The Morgan fingerprint density at radius 2 is 1.86 bits per heavy atom. The van der Waals surface area contributed by atoms with E-state index in [4.69, 9.17) is 4.74 Å². The van der Waals surface area contributed by atoms with Crippen molar-refractivity contribution in [3.8, 4) is 5.75 Å². The summed E-state index contributed by atoms with van der Waals surface area (Å²) in [5, 5.41) is 2.74. The van der Waals surface area contributed by atoms with E-state index in [2.05, 4.69) is 5.32 Å². The molecule has 0 atom stereocenters. The fraction of sp³-hybridized carbons (Fsp3) is 0.235. The number of carbonyl (C=O) groups excluding carboxylic acids is 1. The number of aryl methyl sites for hydroxylation is 1. The lowest BCUT2D eigenvalue weighted by Gasteiger charge is -2.11. The molecule has 0 heterocycles. The van der Waals surface area contributed by atoms with Crippen LogP contribution in [0.25, 0.3) is 0 Å². The largest absolute Gasteiger partial charge is 0.483 e. The van der Waals surface area contributed by atoms with Gasteiger partial charge in [0.1, 0.15) is 11.6 Å². The summed E-state index contributed by atoms with van der Waals surface area (Å²) < 4.78 is 18.3. The molecule has 110 valence electrons. The third-order valence-corrected chi connectivity index (χ3v) is 3.32. The number of ether oxygens (including phenoxy) is 1. The molecule has 0 aromatic heterocycles. The topological polar surface area (TPSA) is 38.3 Å². The molecule has 4 heteroatoms. The third-order valence-electron chi connectivity index (χ3n) is 3.32. The average Bonchev–Trinajstić information content (AvgIpc) is 2.48. The summed E-state index contributed by atoms with van der Waals surface area (Å²) in [7, 11) is 0. The molecule has 0 saturated heterocycles. The molecule has 0 bridgehead atoms. The third kappa shape index (κ3) is 4.31. The number of halogens is 1. The first kappa shape index (κ1) is 15.0. The fourth-order valence-corrected chi connectivity index (χ4v) is 1.88. The van der Waals surface area contributed by atoms with E-state index in [0.717, 1.165) is 16.7 Å². The second-order valence-corrected chi connectivity index (χ2v) is 4.89. The first-order chi connectivity index (χ1) is 10.1. The van der Waals surface area contributed by atoms with Gasteiger partial charge in [-0.15, -0.1) is 0 Å². The molecule has 0 saturated carbocycles. The molecule has 0 aliphatic rings. The van der Waals surface area contributed by atoms with Gasteiger partial charge in [0.15, 0.2) is 6.61 Å². The zero-order chi connectivity index (χ0) is 15.2. The van der Waals surface area contributed by atoms with Crippen molar-refractivity contribution in [2.45, 2.75) is 20.4 Å². The summed E-state index contributed by atoms with van der Waals surface area (Å²) in [5.41, 5.74) is 3.00. The van der Waals surface area contributed by atoms with Crippen LogP contribution in [0.2, 0.25) is 0 Å². The molecular formula is C17H18FNO2. The van der Waals surface area contributed by atoms with Crippen LogP contribution in [-0.2, 0) is 11.3 Å². The van der Waals surface area contributed by atoms with Crippen molar-refractivity contribution < 1.29 is 13.9 Å². The lowest BCUT2D eigenvalue weighted by atomic mass is 10.1. The number of hydrogen-bond donors (Lipinski definition) is 1. The number of benzene rings is 2. The second-order valence-electron chi connectivity index (χ2n) is 4.89. The number of rotatable bonds is 5. The van der Waals surface area contributed by atoms with Gasteiger partial charge in [0.05, 0.1) is 0 Å². The van der Waals surface area contributed by atoms with Gasteiger partial charge in [-0.3, -0.25) is 4.79 Å². The minimum atomic E-state index is -0.289. The average molecular weight is 287 g/mol. The van der Waals surface area contributed by atoms with Gasteiger partial charge in [-0.2, -0.15) is 0 Å². The van der Waals surface area contributed by atoms with E-state index in [1.807, 2.05) is 32.0 Å². The van der Waals surface area contributed by atoms with Gasteiger partial charge in [-0.25, -0.2) is 4.39 Å². The first-order valence-electron chi connectivity index (χ1n) is 6.76. The summed E-state index contributed by atoms with van der Waals surface area (Å²) in [6.07, 6.45) is 0. The van der Waals surface area contributed by atoms with E-state index in [9.17, 15) is 9.18 Å². The highest BCUT2D eigenvalue weighted by Crippen LogP contribution is 2.20. The van der Waals surface area contributed by atoms with Gasteiger partial charge in [-0.05, 0) is 48.7 Å². The van der Waals surface area contributed by atoms with Crippen LogP contribution in [0.3, 0.4) is 0 Å². The minimum absolute atomic E-state index is 0.0362. The van der Waals surface area contributed by atoms with Crippen molar-refractivity contribution in [3.05, 3.63) is 65.0 Å². The normalized spacial score (nSPS) is 10.2. The van der Waals surface area contributed by atoms with Crippen molar-refractivity contribution in [1.29, 1.82) is 0 Å². The van der Waals surface area contributed by atoms with Crippen LogP contribution in [0.15, 0.2) is 42.5 Å². The molecule has 2 aromatic rings. The summed E-state index contributed by atoms with van der Waals surface area (Å²) in [4.78, 5) is 11.7. The molecule has 0 spiro atoms. The summed E-state index contributed by atoms with van der Waals surface area (Å²) in [6, 6.07) is 11.8. The van der Waals surface area contributed by atoms with Gasteiger partial charge in [-0.1, -0.05) is 24.3 Å². The molecule has 2 rings (SSSR count). The molecule has 0 aliphatic heterocycles. The lowest BCUT2D eigenvalue weighted by molar-refractivity contribution is -0.123. The van der Waals surface area contributed by atoms with Crippen molar-refractivity contribution in [2.24, 2.45) is 0 Å². The van der Waals surface area contributed by atoms with E-state index in [1.54, 1.807) is 12.1 Å². The standard InChI is InChI=1S/C17H18FNO2/c1-12-4-3-5-16(13(12)2)21-11-17(20)19-10-14-6-8-15(18)9-7-14/h3-9H,10-11H2,1-2H3,(H,19,20). The van der Waals surface area contributed by atoms with Gasteiger partial charge in [0, 0.05) is 6.54 Å². The molecule has 3 nitrogen and oxygen atoms in total. The van der Waals surface area contributed by atoms with Gasteiger partial charge >= 0.3 is 0 Å². The molecule has 2 aromatic carbocycles. The van der Waals surface area contributed by atoms with Crippen LogP contribution in [0.5, 0.6) is 5.75 Å². The first-order valence-corrected chi connectivity index (χ1v) is 6.76. The van der Waals surface area contributed by atoms with Gasteiger partial charge < -0.3 is 10.1 Å². The van der Waals surface area contributed by atoms with Gasteiger partial charge in [0.25, 0.3) is 5.91 Å². The van der Waals surface area contributed by atoms with Crippen molar-refractivity contribution in [2.75, 3.05) is 6.61 Å². The Hall–Kier alpha value is -2.36. The maximum Gasteiger partial charge on any atom is 0.258 e. The molecular weight excluding hydrogens is 269 g/mol. The summed E-state index contributed by atoms with van der Waals surface area (Å²) >= 11 is 0. The quantitative estimate of drug-likeness (QED) is 0.917. The van der Waals surface area contributed by atoms with Crippen LogP contribution in [0.1, 0.15) is 16.7 Å². The Kier molecular flexibility index (Phi) is 4.93. The molecule has 21 heavy (non-hydrogen) atoms. The number of carbonyl (C=O) groups is 1. The molecule has 0 aliphatic carbocycles. The molecule has 0 radical (unpaired) electrons. The Labute approximate surface area is 123 Å². The smallest absolute Gasteiger partial charge is 0.258 e. The van der Waals surface area contributed by atoms with E-state index >= 15 is 0 Å². The zero-order valence-electron chi connectivity index (χ0n) is 12.2. The summed E-state index contributed by atoms with van der Waals surface area (Å²) in [6.45, 7) is 4.28. The maximum absolute atomic E-state index is 12.8. The number of hydrogen-bond acceptors (Lipinski definition) is 2. The predicted octanol–water partition coefficient (Wildman–Crippen LogP) is 3.14. The van der Waals surface area contributed by atoms with Crippen molar-refractivity contribution >= 4 is 5.91 Å². The van der Waals surface area contributed by atoms with Crippen LogP contribution < -0.4 is 10.1 Å².